The molecule has 0 aromatic carbocycles. The number of rotatable bonds is 4. The van der Waals surface area contributed by atoms with Gasteiger partial charge in [-0.2, -0.15) is 9.97 Å². The Morgan fingerprint density at radius 2 is 2.28 bits per heavy atom. The van der Waals surface area contributed by atoms with E-state index < -0.39 is 31.2 Å². The standard InChI is InChI=1S/C14H17ClFN5O4/c15-14-19-11(18-6-1-2-24-4-6)9-12(20-14)21(5-17-9)13-8(16)10(23)7(3-22)25-13/h5-8,10,13,22-23H,1-4H2,(H,18,19,20)/t6-,7+,8-,10+,13+/m0/s1. The fourth-order valence-corrected chi connectivity index (χ4v) is 3.26. The second kappa shape index (κ2) is 6.61. The number of ether oxygens (including phenoxy) is 2. The number of hydrogen-bond acceptors (Lipinski definition) is 8. The number of aliphatic hydroxyl groups is 2. The van der Waals surface area contributed by atoms with E-state index in [1.165, 1.54) is 10.9 Å². The summed E-state index contributed by atoms with van der Waals surface area (Å²) in [4.78, 5) is 12.5. The average Bonchev–Trinajstić information content (AvgIpc) is 3.29. The lowest BCUT2D eigenvalue weighted by atomic mass is 10.1. The Kier molecular flexibility index (Phi) is 4.46. The van der Waals surface area contributed by atoms with Gasteiger partial charge in [-0.25, -0.2) is 9.37 Å². The van der Waals surface area contributed by atoms with Crippen LogP contribution >= 0.6 is 11.6 Å². The molecule has 0 amide bonds. The van der Waals surface area contributed by atoms with E-state index in [0.717, 1.165) is 6.42 Å². The van der Waals surface area contributed by atoms with Gasteiger partial charge in [-0.05, 0) is 18.0 Å². The number of alkyl halides is 1. The molecule has 4 rings (SSSR count). The fourth-order valence-electron chi connectivity index (χ4n) is 3.10. The second-order valence-electron chi connectivity index (χ2n) is 6.05. The average molecular weight is 374 g/mol. The number of halogens is 2. The first kappa shape index (κ1) is 16.9. The highest BCUT2D eigenvalue weighted by Crippen LogP contribution is 2.34. The van der Waals surface area contributed by atoms with Gasteiger partial charge in [0.15, 0.2) is 29.4 Å². The first-order valence-electron chi connectivity index (χ1n) is 7.91. The van der Waals surface area contributed by atoms with Gasteiger partial charge in [0.2, 0.25) is 5.28 Å². The second-order valence-corrected chi connectivity index (χ2v) is 6.39. The van der Waals surface area contributed by atoms with Crippen LogP contribution in [0.25, 0.3) is 11.2 Å². The lowest BCUT2D eigenvalue weighted by molar-refractivity contribution is -0.0459. The predicted molar refractivity (Wildman–Crippen MR) is 85.1 cm³/mol. The molecule has 2 aliphatic rings. The molecule has 0 bridgehead atoms. The Labute approximate surface area is 146 Å². The SMILES string of the molecule is OC[C@H]1O[C@@H](n2cnc3c(N[C@H]4CCOC4)nc(Cl)nc32)[C@@H](F)[C@@H]1O. The zero-order valence-corrected chi connectivity index (χ0v) is 13.8. The van der Waals surface area contributed by atoms with E-state index >= 15 is 0 Å². The lowest BCUT2D eigenvalue weighted by Gasteiger charge is -2.16. The van der Waals surface area contributed by atoms with Crippen LogP contribution in [0.15, 0.2) is 6.33 Å². The Balaban J connectivity index is 1.70. The van der Waals surface area contributed by atoms with Gasteiger partial charge in [-0.3, -0.25) is 4.57 Å². The van der Waals surface area contributed by atoms with Crippen molar-refractivity contribution in [2.45, 2.75) is 37.1 Å². The minimum absolute atomic E-state index is 0.0247. The number of anilines is 1. The maximum atomic E-state index is 14.4. The maximum Gasteiger partial charge on any atom is 0.226 e. The molecule has 0 saturated carbocycles. The highest BCUT2D eigenvalue weighted by molar-refractivity contribution is 6.28. The van der Waals surface area contributed by atoms with Crippen LogP contribution < -0.4 is 5.32 Å². The van der Waals surface area contributed by atoms with Crippen molar-refractivity contribution in [1.82, 2.24) is 19.5 Å². The summed E-state index contributed by atoms with van der Waals surface area (Å²) in [6, 6.07) is 0.0802. The lowest BCUT2D eigenvalue weighted by Crippen LogP contribution is -2.30. The molecule has 0 aliphatic carbocycles. The summed E-state index contributed by atoms with van der Waals surface area (Å²) in [5.41, 5.74) is 0.689. The van der Waals surface area contributed by atoms with Gasteiger partial charge in [0.25, 0.3) is 0 Å². The van der Waals surface area contributed by atoms with Crippen LogP contribution in [0.2, 0.25) is 5.28 Å². The molecule has 0 radical (unpaired) electrons. The summed E-state index contributed by atoms with van der Waals surface area (Å²) in [5, 5.41) is 22.2. The molecule has 2 fully saturated rings. The van der Waals surface area contributed by atoms with E-state index in [-0.39, 0.29) is 17.0 Å². The van der Waals surface area contributed by atoms with E-state index in [2.05, 4.69) is 20.3 Å². The molecule has 2 aliphatic heterocycles. The molecule has 3 N–H and O–H groups in total. The summed E-state index contributed by atoms with van der Waals surface area (Å²) in [7, 11) is 0. The van der Waals surface area contributed by atoms with Crippen molar-refractivity contribution >= 4 is 28.6 Å². The molecule has 0 spiro atoms. The summed E-state index contributed by atoms with van der Waals surface area (Å²) in [5.74, 6) is 0.428. The number of aromatic nitrogens is 4. The highest BCUT2D eigenvalue weighted by atomic mass is 35.5. The van der Waals surface area contributed by atoms with E-state index in [1.807, 2.05) is 0 Å². The summed E-state index contributed by atoms with van der Waals surface area (Å²) < 4.78 is 26.5. The van der Waals surface area contributed by atoms with E-state index in [4.69, 9.17) is 21.1 Å². The zero-order chi connectivity index (χ0) is 17.6. The van der Waals surface area contributed by atoms with E-state index in [0.29, 0.717) is 24.5 Å². The van der Waals surface area contributed by atoms with Crippen molar-refractivity contribution in [3.8, 4) is 0 Å². The fraction of sp³-hybridized carbons (Fsp3) is 0.643. The molecule has 11 heteroatoms. The largest absolute Gasteiger partial charge is 0.394 e. The van der Waals surface area contributed by atoms with Gasteiger partial charge in [0.05, 0.1) is 25.6 Å². The molecule has 9 nitrogen and oxygen atoms in total. The van der Waals surface area contributed by atoms with E-state index in [1.54, 1.807) is 0 Å². The summed E-state index contributed by atoms with van der Waals surface area (Å²) in [6.45, 7) is 0.718. The van der Waals surface area contributed by atoms with E-state index in [9.17, 15) is 14.6 Å². The Hall–Kier alpha value is -1.59. The third kappa shape index (κ3) is 2.93. The number of nitrogens with one attached hydrogen (secondary N) is 1. The third-order valence-corrected chi connectivity index (χ3v) is 4.58. The molecular formula is C14H17ClFN5O4. The van der Waals surface area contributed by atoms with Crippen molar-refractivity contribution in [3.05, 3.63) is 11.6 Å². The van der Waals surface area contributed by atoms with Crippen molar-refractivity contribution in [3.63, 3.8) is 0 Å². The number of imidazole rings is 1. The van der Waals surface area contributed by atoms with Crippen LogP contribution in [-0.2, 0) is 9.47 Å². The van der Waals surface area contributed by atoms with Crippen molar-refractivity contribution in [2.75, 3.05) is 25.1 Å². The van der Waals surface area contributed by atoms with Gasteiger partial charge < -0.3 is 25.0 Å². The molecule has 25 heavy (non-hydrogen) atoms. The smallest absolute Gasteiger partial charge is 0.226 e. The van der Waals surface area contributed by atoms with Gasteiger partial charge in [-0.1, -0.05) is 0 Å². The first-order valence-corrected chi connectivity index (χ1v) is 8.29. The van der Waals surface area contributed by atoms with Crippen LogP contribution in [0.4, 0.5) is 10.2 Å². The number of aliphatic hydroxyl groups excluding tert-OH is 2. The zero-order valence-electron chi connectivity index (χ0n) is 13.0. The predicted octanol–water partition coefficient (Wildman–Crippen LogP) is 0.269. The topological polar surface area (TPSA) is 115 Å². The molecule has 136 valence electrons. The van der Waals surface area contributed by atoms with Crippen LogP contribution in [0, 0.1) is 0 Å². The number of hydrogen-bond donors (Lipinski definition) is 3. The number of nitrogens with zero attached hydrogens (tertiary/aromatic N) is 4. The molecule has 2 aromatic heterocycles. The molecule has 2 aromatic rings. The minimum atomic E-state index is -1.73. The van der Waals surface area contributed by atoms with Gasteiger partial charge in [0.1, 0.15) is 12.2 Å². The van der Waals surface area contributed by atoms with Gasteiger partial charge in [-0.15, -0.1) is 0 Å². The van der Waals surface area contributed by atoms with Crippen LogP contribution in [0.5, 0.6) is 0 Å². The van der Waals surface area contributed by atoms with Crippen molar-refractivity contribution in [2.24, 2.45) is 0 Å². The highest BCUT2D eigenvalue weighted by Gasteiger charge is 2.45. The molecule has 2 saturated heterocycles. The minimum Gasteiger partial charge on any atom is -0.394 e. The molecule has 5 atom stereocenters. The van der Waals surface area contributed by atoms with Crippen LogP contribution in [0.3, 0.4) is 0 Å². The van der Waals surface area contributed by atoms with Gasteiger partial charge in [0, 0.05) is 6.61 Å². The van der Waals surface area contributed by atoms with Crippen molar-refractivity contribution < 1.29 is 24.1 Å². The normalized spacial score (nSPS) is 32.6. The van der Waals surface area contributed by atoms with Crippen LogP contribution in [0.1, 0.15) is 12.6 Å². The summed E-state index contributed by atoms with van der Waals surface area (Å²) >= 11 is 6.01. The molecular weight excluding hydrogens is 357 g/mol. The Morgan fingerprint density at radius 3 is 2.96 bits per heavy atom. The third-order valence-electron chi connectivity index (χ3n) is 4.41. The molecule has 0 unspecified atom stereocenters. The quantitative estimate of drug-likeness (QED) is 0.654. The Bertz CT molecular complexity index is 771. The monoisotopic (exact) mass is 373 g/mol. The molecule has 4 heterocycles. The number of fused-ring (bicyclic) bond motifs is 1. The Morgan fingerprint density at radius 1 is 1.44 bits per heavy atom. The first-order chi connectivity index (χ1) is 12.1. The summed E-state index contributed by atoms with van der Waals surface area (Å²) in [6.07, 6.45) is -3.16. The van der Waals surface area contributed by atoms with Gasteiger partial charge >= 0.3 is 0 Å². The van der Waals surface area contributed by atoms with Crippen molar-refractivity contribution in [1.29, 1.82) is 0 Å². The van der Waals surface area contributed by atoms with Crippen LogP contribution in [-0.4, -0.2) is 74.0 Å². The maximum absolute atomic E-state index is 14.4.